The van der Waals surface area contributed by atoms with Crippen molar-refractivity contribution in [2.75, 3.05) is 0 Å². The zero-order chi connectivity index (χ0) is 31.2. The number of fused-ring (bicyclic) bond motifs is 3. The van der Waals surface area contributed by atoms with Gasteiger partial charge >= 0.3 is 0 Å². The van der Waals surface area contributed by atoms with Gasteiger partial charge in [0.1, 0.15) is 0 Å². The molecule has 1 heterocycles. The highest BCUT2D eigenvalue weighted by Crippen LogP contribution is 2.45. The first-order valence-electron chi connectivity index (χ1n) is 16.9. The van der Waals surface area contributed by atoms with Gasteiger partial charge in [-0.1, -0.05) is 135 Å². The molecule has 2 heteroatoms. The number of nitrogens with one attached hydrogen (secondary N) is 1. The lowest BCUT2D eigenvalue weighted by atomic mass is 9.65. The van der Waals surface area contributed by atoms with Gasteiger partial charge in [0.15, 0.2) is 0 Å². The van der Waals surface area contributed by atoms with Crippen molar-refractivity contribution in [2.24, 2.45) is 34.6 Å². The Labute approximate surface area is 271 Å². The van der Waals surface area contributed by atoms with E-state index in [-0.39, 0.29) is 6.04 Å². The third kappa shape index (κ3) is 6.76. The van der Waals surface area contributed by atoms with Crippen LogP contribution < -0.4 is 5.32 Å². The molecule has 45 heavy (non-hydrogen) atoms. The van der Waals surface area contributed by atoms with E-state index in [0.29, 0.717) is 35.6 Å². The van der Waals surface area contributed by atoms with Crippen LogP contribution in [0.15, 0.2) is 161 Å². The van der Waals surface area contributed by atoms with Crippen molar-refractivity contribution in [3.8, 4) is 0 Å². The molecule has 7 atom stereocenters. The van der Waals surface area contributed by atoms with Crippen LogP contribution in [0.2, 0.25) is 0 Å². The average Bonchev–Trinajstić information content (AvgIpc) is 3.09. The number of dihydropyridines is 1. The number of aliphatic imine (C=N–C) groups is 1. The summed E-state index contributed by atoms with van der Waals surface area (Å²) in [6, 6.07) is 11.4. The maximum atomic E-state index is 4.89. The van der Waals surface area contributed by atoms with Gasteiger partial charge in [-0.15, -0.1) is 0 Å². The lowest BCUT2D eigenvalue weighted by Crippen LogP contribution is -2.37. The van der Waals surface area contributed by atoms with E-state index in [1.54, 1.807) is 0 Å². The normalized spacial score (nSPS) is 30.9. The van der Waals surface area contributed by atoms with Crippen LogP contribution in [-0.4, -0.2) is 18.3 Å². The van der Waals surface area contributed by atoms with Crippen molar-refractivity contribution >= 4 is 11.8 Å². The predicted molar refractivity (Wildman–Crippen MR) is 194 cm³/mol. The first kappa shape index (κ1) is 30.8. The van der Waals surface area contributed by atoms with E-state index in [9.17, 15) is 0 Å². The second kappa shape index (κ2) is 14.3. The maximum absolute atomic E-state index is 4.89. The molecule has 230 valence electrons. The summed E-state index contributed by atoms with van der Waals surface area (Å²) in [6.07, 6.45) is 41.8. The van der Waals surface area contributed by atoms with Gasteiger partial charge < -0.3 is 5.32 Å². The van der Waals surface area contributed by atoms with Gasteiger partial charge in [0, 0.05) is 35.6 Å². The largest absolute Gasteiger partial charge is 0.378 e. The molecule has 0 bridgehead atoms. The molecule has 2 nitrogen and oxygen atoms in total. The van der Waals surface area contributed by atoms with Crippen molar-refractivity contribution < 1.29 is 0 Å². The second-order valence-electron chi connectivity index (χ2n) is 13.1. The number of hydrogen-bond donors (Lipinski definition) is 1. The lowest BCUT2D eigenvalue weighted by Gasteiger charge is -2.41. The Morgan fingerprint density at radius 1 is 0.978 bits per heavy atom. The summed E-state index contributed by atoms with van der Waals surface area (Å²) in [5.74, 6) is 2.09. The molecule has 1 aromatic rings. The topological polar surface area (TPSA) is 24.4 Å². The molecule has 0 aromatic heterocycles. The molecule has 1 aliphatic heterocycles. The summed E-state index contributed by atoms with van der Waals surface area (Å²) < 4.78 is 0. The molecular formula is C43H48N2. The van der Waals surface area contributed by atoms with E-state index in [0.717, 1.165) is 19.3 Å². The highest BCUT2D eigenvalue weighted by molar-refractivity contribution is 5.73. The zero-order valence-electron chi connectivity index (χ0n) is 27.3. The average molecular weight is 593 g/mol. The molecular weight excluding hydrogens is 544 g/mol. The first-order valence-corrected chi connectivity index (χ1v) is 16.9. The van der Waals surface area contributed by atoms with E-state index in [4.69, 9.17) is 4.99 Å². The van der Waals surface area contributed by atoms with Crippen molar-refractivity contribution in [3.63, 3.8) is 0 Å². The van der Waals surface area contributed by atoms with Gasteiger partial charge in [-0.05, 0) is 79.0 Å². The molecule has 0 radical (unpaired) electrons. The van der Waals surface area contributed by atoms with Gasteiger partial charge in [0.05, 0.1) is 12.1 Å². The Morgan fingerprint density at radius 3 is 2.64 bits per heavy atom. The van der Waals surface area contributed by atoms with Crippen LogP contribution in [0.3, 0.4) is 0 Å². The third-order valence-electron chi connectivity index (χ3n) is 10.4. The number of nitrogens with zero attached hydrogens (tertiary/aromatic N) is 1. The molecule has 5 aliphatic rings. The summed E-state index contributed by atoms with van der Waals surface area (Å²) in [4.78, 5) is 4.89. The smallest absolute Gasteiger partial charge is 0.0605 e. The minimum Gasteiger partial charge on any atom is -0.378 e. The number of hydrogen-bond acceptors (Lipinski definition) is 2. The van der Waals surface area contributed by atoms with E-state index in [1.165, 1.54) is 39.1 Å². The minimum atomic E-state index is 0.243. The molecule has 0 amide bonds. The summed E-state index contributed by atoms with van der Waals surface area (Å²) in [7, 11) is 0. The Morgan fingerprint density at radius 2 is 1.80 bits per heavy atom. The van der Waals surface area contributed by atoms with Crippen LogP contribution in [0.4, 0.5) is 0 Å². The molecule has 6 rings (SSSR count). The van der Waals surface area contributed by atoms with Crippen LogP contribution >= 0.6 is 0 Å². The fourth-order valence-electron chi connectivity index (χ4n) is 7.80. The van der Waals surface area contributed by atoms with Gasteiger partial charge in [-0.25, -0.2) is 0 Å². The van der Waals surface area contributed by atoms with Gasteiger partial charge in [0.25, 0.3) is 0 Å². The van der Waals surface area contributed by atoms with Gasteiger partial charge in [-0.2, -0.15) is 0 Å². The van der Waals surface area contributed by atoms with Crippen LogP contribution in [-0.2, 0) is 0 Å². The van der Waals surface area contributed by atoms with Gasteiger partial charge in [0.2, 0.25) is 0 Å². The highest BCUT2D eigenvalue weighted by Gasteiger charge is 2.39. The maximum Gasteiger partial charge on any atom is 0.0605 e. The molecule has 1 aromatic carbocycles. The van der Waals surface area contributed by atoms with Crippen molar-refractivity contribution in [3.05, 3.63) is 161 Å². The van der Waals surface area contributed by atoms with E-state index < -0.39 is 0 Å². The molecule has 1 N–H and O–H groups in total. The minimum absolute atomic E-state index is 0.243. The lowest BCUT2D eigenvalue weighted by molar-refractivity contribution is 0.294. The van der Waals surface area contributed by atoms with Crippen LogP contribution in [0.1, 0.15) is 52.5 Å². The van der Waals surface area contributed by atoms with Crippen LogP contribution in [0, 0.1) is 29.6 Å². The standard InChI is InChI=1S/C43H48N2/c1-5-6-18-35(30(2)26-27-34-29-43-40(23-15-28-44-43)39-21-11-10-20-38(34)39)31(3)37-19-12-13-24-42(37)45-41-25-14-22-36(32(41)4)33-16-8-7-9-17-33/h5-11,13-18,20-28,31-32,38-41,43,45H,12,19,29H2,1-4H3/b6-5-,30-26+,34-27+,35-18-/t31?,32?,38?,39-,40?,41?,43?/m0/s1. The fraction of sp³-hybridized carbons (Fsp3) is 0.326. The monoisotopic (exact) mass is 592 g/mol. The Balaban J connectivity index is 1.26. The molecule has 1 fully saturated rings. The summed E-state index contributed by atoms with van der Waals surface area (Å²) in [5, 5.41) is 3.99. The number of rotatable bonds is 8. The molecule has 0 spiro atoms. The Bertz CT molecular complexity index is 1610. The molecule has 6 unspecified atom stereocenters. The number of allylic oxidation sites excluding steroid dienone is 17. The van der Waals surface area contributed by atoms with Crippen LogP contribution in [0.5, 0.6) is 0 Å². The number of benzene rings is 1. The van der Waals surface area contributed by atoms with Gasteiger partial charge in [-0.3, -0.25) is 4.99 Å². The highest BCUT2D eigenvalue weighted by atomic mass is 14.9. The van der Waals surface area contributed by atoms with Crippen LogP contribution in [0.25, 0.3) is 5.57 Å². The Hall–Kier alpha value is -4.17. The second-order valence-corrected chi connectivity index (χ2v) is 13.1. The SMILES string of the molecule is C\C=C/C=C(/C(C)=C/C=C1\CC2N=CC=CC2[C@H]2C=CC=CC12)C(C)C1=C(NC2C=CC=C(c3ccccc3)C2C)C=CCC1. The third-order valence-corrected chi connectivity index (χ3v) is 10.4. The quantitative estimate of drug-likeness (QED) is 0.298. The van der Waals surface area contributed by atoms with Crippen molar-refractivity contribution in [2.45, 2.75) is 59.0 Å². The predicted octanol–water partition coefficient (Wildman–Crippen LogP) is 10.2. The zero-order valence-corrected chi connectivity index (χ0v) is 27.3. The summed E-state index contributed by atoms with van der Waals surface area (Å²) in [6.45, 7) is 9.13. The van der Waals surface area contributed by atoms with E-state index in [1.807, 2.05) is 6.21 Å². The Kier molecular flexibility index (Phi) is 9.79. The first-order chi connectivity index (χ1) is 22.0. The summed E-state index contributed by atoms with van der Waals surface area (Å²) in [5.41, 5.74) is 9.68. The molecule has 4 aliphatic carbocycles. The van der Waals surface area contributed by atoms with E-state index >= 15 is 0 Å². The van der Waals surface area contributed by atoms with Crippen molar-refractivity contribution in [1.29, 1.82) is 0 Å². The molecule has 0 saturated heterocycles. The molecule has 1 saturated carbocycles. The van der Waals surface area contributed by atoms with Crippen molar-refractivity contribution in [1.82, 2.24) is 5.32 Å². The summed E-state index contributed by atoms with van der Waals surface area (Å²) >= 11 is 0. The fourth-order valence-corrected chi connectivity index (χ4v) is 7.80. The van der Waals surface area contributed by atoms with E-state index in [2.05, 4.69) is 161 Å².